The standard InChI is InChI=1S/C23H23ClN2S/c1-17-12-13-20(16-22(17)24)26-23(27)25-15-14-21(18-8-4-2-5-9-18)19-10-6-3-7-11-19/h2-13,16,21H,14-15H2,1H3,(H2,25,26,27). The van der Waals surface area contributed by atoms with Crippen LogP contribution in [0.4, 0.5) is 5.69 Å². The van der Waals surface area contributed by atoms with Gasteiger partial charge in [-0.1, -0.05) is 78.3 Å². The summed E-state index contributed by atoms with van der Waals surface area (Å²) in [5.74, 6) is 0.330. The van der Waals surface area contributed by atoms with E-state index in [9.17, 15) is 0 Å². The van der Waals surface area contributed by atoms with Crippen molar-refractivity contribution in [2.75, 3.05) is 11.9 Å². The molecule has 2 nitrogen and oxygen atoms in total. The lowest BCUT2D eigenvalue weighted by Crippen LogP contribution is -2.30. The summed E-state index contributed by atoms with van der Waals surface area (Å²) in [6, 6.07) is 27.0. The van der Waals surface area contributed by atoms with Gasteiger partial charge in [-0.05, 0) is 54.4 Å². The van der Waals surface area contributed by atoms with Crippen molar-refractivity contribution in [3.8, 4) is 0 Å². The van der Waals surface area contributed by atoms with Crippen LogP contribution < -0.4 is 10.6 Å². The maximum absolute atomic E-state index is 6.18. The minimum Gasteiger partial charge on any atom is -0.362 e. The first kappa shape index (κ1) is 19.4. The van der Waals surface area contributed by atoms with Crippen LogP contribution in [0, 0.1) is 6.92 Å². The molecule has 0 fully saturated rings. The molecule has 4 heteroatoms. The highest BCUT2D eigenvalue weighted by atomic mass is 35.5. The van der Waals surface area contributed by atoms with Crippen molar-refractivity contribution in [3.63, 3.8) is 0 Å². The topological polar surface area (TPSA) is 24.1 Å². The summed E-state index contributed by atoms with van der Waals surface area (Å²) in [6.45, 7) is 2.76. The normalized spacial score (nSPS) is 10.6. The molecule has 0 heterocycles. The summed E-state index contributed by atoms with van der Waals surface area (Å²) in [4.78, 5) is 0. The first-order chi connectivity index (χ1) is 13.1. The second-order valence-corrected chi connectivity index (χ2v) is 7.32. The Labute approximate surface area is 171 Å². The van der Waals surface area contributed by atoms with Gasteiger partial charge < -0.3 is 10.6 Å². The van der Waals surface area contributed by atoms with Gasteiger partial charge in [-0.25, -0.2) is 0 Å². The molecule has 0 unspecified atom stereocenters. The Morgan fingerprint density at radius 2 is 1.52 bits per heavy atom. The predicted molar refractivity (Wildman–Crippen MR) is 120 cm³/mol. The number of anilines is 1. The number of hydrogen-bond donors (Lipinski definition) is 2. The van der Waals surface area contributed by atoms with Crippen LogP contribution in [0.2, 0.25) is 5.02 Å². The van der Waals surface area contributed by atoms with Gasteiger partial charge in [0.2, 0.25) is 0 Å². The van der Waals surface area contributed by atoms with E-state index in [4.69, 9.17) is 23.8 Å². The molecule has 0 aliphatic carbocycles. The Morgan fingerprint density at radius 3 is 2.07 bits per heavy atom. The van der Waals surface area contributed by atoms with E-state index in [2.05, 4.69) is 71.3 Å². The van der Waals surface area contributed by atoms with Gasteiger partial charge in [-0.3, -0.25) is 0 Å². The third-order valence-electron chi connectivity index (χ3n) is 4.55. The van der Waals surface area contributed by atoms with Crippen molar-refractivity contribution in [3.05, 3.63) is 101 Å². The van der Waals surface area contributed by atoms with E-state index in [1.165, 1.54) is 11.1 Å². The third-order valence-corrected chi connectivity index (χ3v) is 5.21. The molecule has 0 aromatic heterocycles. The molecule has 138 valence electrons. The highest BCUT2D eigenvalue weighted by Gasteiger charge is 2.13. The Morgan fingerprint density at radius 1 is 0.926 bits per heavy atom. The molecule has 0 atom stereocenters. The Bertz CT molecular complexity index is 842. The molecule has 0 spiro atoms. The molecule has 3 aromatic rings. The fraction of sp³-hybridized carbons (Fsp3) is 0.174. The molecule has 0 aliphatic rings. The van der Waals surface area contributed by atoms with E-state index < -0.39 is 0 Å². The fourth-order valence-electron chi connectivity index (χ4n) is 3.07. The van der Waals surface area contributed by atoms with Crippen LogP contribution in [-0.4, -0.2) is 11.7 Å². The quantitative estimate of drug-likeness (QED) is 0.490. The van der Waals surface area contributed by atoms with Crippen LogP contribution in [-0.2, 0) is 0 Å². The van der Waals surface area contributed by atoms with Gasteiger partial charge in [0.25, 0.3) is 0 Å². The first-order valence-corrected chi connectivity index (χ1v) is 9.83. The highest BCUT2D eigenvalue weighted by molar-refractivity contribution is 7.80. The van der Waals surface area contributed by atoms with Crippen molar-refractivity contribution in [2.24, 2.45) is 0 Å². The largest absolute Gasteiger partial charge is 0.362 e. The van der Waals surface area contributed by atoms with Crippen LogP contribution in [0.1, 0.15) is 29.0 Å². The highest BCUT2D eigenvalue weighted by Crippen LogP contribution is 2.27. The summed E-state index contributed by atoms with van der Waals surface area (Å²) in [5.41, 5.74) is 4.57. The number of halogens is 1. The molecule has 3 aromatic carbocycles. The van der Waals surface area contributed by atoms with Crippen molar-refractivity contribution in [2.45, 2.75) is 19.3 Å². The number of aryl methyl sites for hydroxylation is 1. The lowest BCUT2D eigenvalue weighted by molar-refractivity contribution is 0.694. The molecule has 0 saturated heterocycles. The maximum Gasteiger partial charge on any atom is 0.170 e. The van der Waals surface area contributed by atoms with Gasteiger partial charge in [-0.15, -0.1) is 0 Å². The number of nitrogens with one attached hydrogen (secondary N) is 2. The zero-order chi connectivity index (χ0) is 19.1. The molecule has 2 N–H and O–H groups in total. The molecule has 0 saturated carbocycles. The Hall–Kier alpha value is -2.36. The van der Waals surface area contributed by atoms with Crippen molar-refractivity contribution in [1.29, 1.82) is 0 Å². The number of benzene rings is 3. The zero-order valence-corrected chi connectivity index (χ0v) is 16.9. The SMILES string of the molecule is Cc1ccc(NC(=S)NCCC(c2ccccc2)c2ccccc2)cc1Cl. The molecule has 0 bridgehead atoms. The molecule has 0 radical (unpaired) electrons. The monoisotopic (exact) mass is 394 g/mol. The fourth-order valence-corrected chi connectivity index (χ4v) is 3.47. The van der Waals surface area contributed by atoms with E-state index in [1.807, 2.05) is 25.1 Å². The Balaban J connectivity index is 1.60. The third kappa shape index (κ3) is 5.56. The molecule has 0 amide bonds. The van der Waals surface area contributed by atoms with Gasteiger partial charge >= 0.3 is 0 Å². The van der Waals surface area contributed by atoms with Gasteiger partial charge in [-0.2, -0.15) is 0 Å². The van der Waals surface area contributed by atoms with E-state index in [1.54, 1.807) is 0 Å². The summed E-state index contributed by atoms with van der Waals surface area (Å²) in [5, 5.41) is 7.85. The van der Waals surface area contributed by atoms with Crippen molar-refractivity contribution in [1.82, 2.24) is 5.32 Å². The number of hydrogen-bond acceptors (Lipinski definition) is 1. The Kier molecular flexibility index (Phi) is 6.86. The minimum absolute atomic E-state index is 0.330. The lowest BCUT2D eigenvalue weighted by Gasteiger charge is -2.19. The van der Waals surface area contributed by atoms with E-state index >= 15 is 0 Å². The average molecular weight is 395 g/mol. The van der Waals surface area contributed by atoms with Crippen LogP contribution in [0.3, 0.4) is 0 Å². The minimum atomic E-state index is 0.330. The van der Waals surface area contributed by atoms with E-state index in [-0.39, 0.29) is 0 Å². The van der Waals surface area contributed by atoms with Crippen molar-refractivity contribution >= 4 is 34.6 Å². The van der Waals surface area contributed by atoms with Crippen LogP contribution in [0.15, 0.2) is 78.9 Å². The van der Waals surface area contributed by atoms with Crippen LogP contribution in [0.25, 0.3) is 0 Å². The average Bonchev–Trinajstić information content (AvgIpc) is 2.69. The summed E-state index contributed by atoms with van der Waals surface area (Å²) >= 11 is 11.6. The summed E-state index contributed by atoms with van der Waals surface area (Å²) in [7, 11) is 0. The van der Waals surface area contributed by atoms with E-state index in [0.717, 1.165) is 29.2 Å². The van der Waals surface area contributed by atoms with Crippen LogP contribution >= 0.6 is 23.8 Å². The molecular formula is C23H23ClN2S. The summed E-state index contributed by atoms with van der Waals surface area (Å²) in [6.07, 6.45) is 0.949. The maximum atomic E-state index is 6.18. The van der Waals surface area contributed by atoms with Gasteiger partial charge in [0.05, 0.1) is 0 Å². The zero-order valence-electron chi connectivity index (χ0n) is 15.3. The van der Waals surface area contributed by atoms with Gasteiger partial charge in [0.1, 0.15) is 0 Å². The van der Waals surface area contributed by atoms with E-state index in [0.29, 0.717) is 11.0 Å². The smallest absolute Gasteiger partial charge is 0.170 e. The molecule has 27 heavy (non-hydrogen) atoms. The molecule has 0 aliphatic heterocycles. The molecular weight excluding hydrogens is 372 g/mol. The van der Waals surface area contributed by atoms with Gasteiger partial charge in [0, 0.05) is 23.2 Å². The lowest BCUT2D eigenvalue weighted by atomic mass is 9.88. The van der Waals surface area contributed by atoms with Crippen molar-refractivity contribution < 1.29 is 0 Å². The molecule has 3 rings (SSSR count). The van der Waals surface area contributed by atoms with Gasteiger partial charge in [0.15, 0.2) is 5.11 Å². The second kappa shape index (κ2) is 9.54. The number of thiocarbonyl (C=S) groups is 1. The summed E-state index contributed by atoms with van der Waals surface area (Å²) < 4.78 is 0. The number of rotatable bonds is 6. The first-order valence-electron chi connectivity index (χ1n) is 9.04. The van der Waals surface area contributed by atoms with Crippen LogP contribution in [0.5, 0.6) is 0 Å². The predicted octanol–water partition coefficient (Wildman–Crippen LogP) is 6.16. The second-order valence-electron chi connectivity index (χ2n) is 6.51.